The molecule has 1 atom stereocenters. The number of fused-ring (bicyclic) bond motifs is 2. The van der Waals surface area contributed by atoms with Crippen molar-refractivity contribution in [2.24, 2.45) is 5.14 Å². The van der Waals surface area contributed by atoms with Gasteiger partial charge in [-0.3, -0.25) is 0 Å². The summed E-state index contributed by atoms with van der Waals surface area (Å²) in [6.07, 6.45) is 6.75. The van der Waals surface area contributed by atoms with Gasteiger partial charge >= 0.3 is 0 Å². The first-order valence-electron chi connectivity index (χ1n) is 10.8. The highest BCUT2D eigenvalue weighted by atomic mass is 32.2. The Morgan fingerprint density at radius 1 is 0.909 bits per heavy atom. The third-order valence-corrected chi connectivity index (χ3v) is 6.67. The molecule has 0 fully saturated rings. The van der Waals surface area contributed by atoms with E-state index in [2.05, 4.69) is 48.4 Å². The molecule has 0 radical (unpaired) electrons. The molecule has 0 amide bonds. The second kappa shape index (κ2) is 8.86. The largest absolute Gasteiger partial charge is 0.309 e. The van der Waals surface area contributed by atoms with Crippen LogP contribution in [0.3, 0.4) is 0 Å². The van der Waals surface area contributed by atoms with Crippen LogP contribution in [0.4, 0.5) is 0 Å². The van der Waals surface area contributed by atoms with E-state index in [4.69, 9.17) is 10.1 Å². The Hall–Kier alpha value is -3.39. The van der Waals surface area contributed by atoms with Gasteiger partial charge in [0.05, 0.1) is 11.1 Å². The van der Waals surface area contributed by atoms with Gasteiger partial charge in [0.25, 0.3) is 0 Å². The Bertz CT molecular complexity index is 1470. The number of nitrogens with zero attached hydrogens (tertiary/aromatic N) is 4. The standard InChI is InChI=1S/C26H25N5OS/c1-30(2)14-13-18-7-9-19(10-8-18)20-15-28-26-24(16-29-31(26)17-20)22-11-12-25(33(27)32)23-6-4-3-5-21(22)23/h3-12,15-17H,13-14,27H2,1-2H3. The predicted molar refractivity (Wildman–Crippen MR) is 134 cm³/mol. The van der Waals surface area contributed by atoms with Crippen LogP contribution in [0.5, 0.6) is 0 Å². The molecule has 0 bridgehead atoms. The quantitative estimate of drug-likeness (QED) is 0.414. The van der Waals surface area contributed by atoms with E-state index >= 15 is 0 Å². The first kappa shape index (κ1) is 21.5. The van der Waals surface area contributed by atoms with Gasteiger partial charge in [-0.15, -0.1) is 0 Å². The van der Waals surface area contributed by atoms with Crippen LogP contribution < -0.4 is 5.14 Å². The summed E-state index contributed by atoms with van der Waals surface area (Å²) in [7, 11) is 2.62. The molecule has 0 saturated heterocycles. The third-order valence-electron chi connectivity index (χ3n) is 5.88. The van der Waals surface area contributed by atoms with Crippen molar-refractivity contribution in [3.05, 3.63) is 84.8 Å². The smallest absolute Gasteiger partial charge is 0.162 e. The maximum Gasteiger partial charge on any atom is 0.162 e. The summed E-state index contributed by atoms with van der Waals surface area (Å²) in [5.41, 5.74) is 6.11. The van der Waals surface area contributed by atoms with Gasteiger partial charge in [-0.05, 0) is 54.0 Å². The van der Waals surface area contributed by atoms with Crippen molar-refractivity contribution in [1.82, 2.24) is 19.5 Å². The zero-order chi connectivity index (χ0) is 22.9. The monoisotopic (exact) mass is 455 g/mol. The van der Waals surface area contributed by atoms with Crippen LogP contribution in [0.15, 0.2) is 84.1 Å². The van der Waals surface area contributed by atoms with E-state index in [0.29, 0.717) is 4.90 Å². The average molecular weight is 456 g/mol. The molecule has 166 valence electrons. The van der Waals surface area contributed by atoms with Gasteiger partial charge in [0.15, 0.2) is 5.65 Å². The van der Waals surface area contributed by atoms with Gasteiger partial charge in [0, 0.05) is 30.1 Å². The van der Waals surface area contributed by atoms with Crippen LogP contribution >= 0.6 is 0 Å². The second-order valence-electron chi connectivity index (χ2n) is 8.37. The van der Waals surface area contributed by atoms with E-state index in [1.54, 1.807) is 0 Å². The van der Waals surface area contributed by atoms with Crippen molar-refractivity contribution in [3.8, 4) is 22.3 Å². The van der Waals surface area contributed by atoms with Gasteiger partial charge in [0.1, 0.15) is 11.0 Å². The third kappa shape index (κ3) is 4.18. The zero-order valence-electron chi connectivity index (χ0n) is 18.6. The minimum Gasteiger partial charge on any atom is -0.309 e. The van der Waals surface area contributed by atoms with Crippen LogP contribution in [0.2, 0.25) is 0 Å². The average Bonchev–Trinajstić information content (AvgIpc) is 3.25. The molecular formula is C26H25N5OS. The second-order valence-corrected chi connectivity index (χ2v) is 9.41. The molecule has 7 heteroatoms. The van der Waals surface area contributed by atoms with Gasteiger partial charge < -0.3 is 4.90 Å². The number of rotatable bonds is 6. The number of likely N-dealkylation sites (N-methyl/N-ethyl adjacent to an activating group) is 1. The molecule has 33 heavy (non-hydrogen) atoms. The van der Waals surface area contributed by atoms with Crippen molar-refractivity contribution in [2.45, 2.75) is 11.3 Å². The summed E-state index contributed by atoms with van der Waals surface area (Å²) >= 11 is 0. The minimum atomic E-state index is -1.55. The summed E-state index contributed by atoms with van der Waals surface area (Å²) in [5, 5.41) is 12.1. The fraction of sp³-hybridized carbons (Fsp3) is 0.154. The lowest BCUT2D eigenvalue weighted by atomic mass is 10.00. The molecular weight excluding hydrogens is 430 g/mol. The molecule has 5 aromatic rings. The highest BCUT2D eigenvalue weighted by molar-refractivity contribution is 7.83. The maximum atomic E-state index is 12.0. The molecule has 2 aromatic heterocycles. The molecule has 0 spiro atoms. The van der Waals surface area contributed by atoms with Crippen molar-refractivity contribution in [3.63, 3.8) is 0 Å². The Morgan fingerprint density at radius 2 is 1.67 bits per heavy atom. The molecule has 6 nitrogen and oxygen atoms in total. The van der Waals surface area contributed by atoms with E-state index in [-0.39, 0.29) is 0 Å². The van der Waals surface area contributed by atoms with Gasteiger partial charge in [-0.25, -0.2) is 18.8 Å². The molecule has 2 heterocycles. The lowest BCUT2D eigenvalue weighted by Gasteiger charge is -2.10. The molecule has 3 aromatic carbocycles. The SMILES string of the molecule is CN(C)CCc1ccc(-c2cnc3c(-c4ccc(S(N)=O)c5ccccc45)cnn3c2)cc1. The molecule has 0 aliphatic heterocycles. The highest BCUT2D eigenvalue weighted by Crippen LogP contribution is 2.34. The zero-order valence-corrected chi connectivity index (χ0v) is 19.4. The normalized spacial score (nSPS) is 12.6. The molecule has 1 unspecified atom stereocenters. The van der Waals surface area contributed by atoms with Gasteiger partial charge in [0.2, 0.25) is 0 Å². The van der Waals surface area contributed by atoms with E-state index in [1.807, 2.05) is 59.5 Å². The Morgan fingerprint density at radius 3 is 2.39 bits per heavy atom. The highest BCUT2D eigenvalue weighted by Gasteiger charge is 2.15. The lowest BCUT2D eigenvalue weighted by Crippen LogP contribution is -2.14. The summed E-state index contributed by atoms with van der Waals surface area (Å²) < 4.78 is 13.8. The number of benzene rings is 3. The Balaban J connectivity index is 1.52. The number of hydrogen-bond acceptors (Lipinski definition) is 4. The van der Waals surface area contributed by atoms with Crippen LogP contribution in [0.1, 0.15) is 5.56 Å². The summed E-state index contributed by atoms with van der Waals surface area (Å²) in [4.78, 5) is 7.56. The summed E-state index contributed by atoms with van der Waals surface area (Å²) in [6.45, 7) is 1.03. The van der Waals surface area contributed by atoms with Crippen LogP contribution in [-0.4, -0.2) is 44.3 Å². The topological polar surface area (TPSA) is 76.5 Å². The molecule has 5 rings (SSSR count). The summed E-state index contributed by atoms with van der Waals surface area (Å²) in [5.74, 6) is 0. The lowest BCUT2D eigenvalue weighted by molar-refractivity contribution is 0.413. The van der Waals surface area contributed by atoms with Crippen molar-refractivity contribution >= 4 is 27.4 Å². The number of aromatic nitrogens is 3. The fourth-order valence-electron chi connectivity index (χ4n) is 4.11. The Labute approximate surface area is 195 Å². The minimum absolute atomic E-state index is 0.620. The van der Waals surface area contributed by atoms with Crippen LogP contribution in [-0.2, 0) is 17.4 Å². The predicted octanol–water partition coefficient (Wildman–Crippen LogP) is 4.30. The van der Waals surface area contributed by atoms with E-state index in [0.717, 1.165) is 51.6 Å². The first-order chi connectivity index (χ1) is 16.0. The first-order valence-corrected chi connectivity index (χ1v) is 12.0. The van der Waals surface area contributed by atoms with Crippen LogP contribution in [0, 0.1) is 0 Å². The van der Waals surface area contributed by atoms with Crippen molar-refractivity contribution in [1.29, 1.82) is 0 Å². The van der Waals surface area contributed by atoms with Crippen LogP contribution in [0.25, 0.3) is 38.7 Å². The number of hydrogen-bond donors (Lipinski definition) is 1. The molecule has 0 saturated carbocycles. The van der Waals surface area contributed by atoms with E-state index in [9.17, 15) is 4.21 Å². The fourth-order valence-corrected chi connectivity index (χ4v) is 4.71. The van der Waals surface area contributed by atoms with E-state index < -0.39 is 11.0 Å². The van der Waals surface area contributed by atoms with Gasteiger partial charge in [-0.2, -0.15) is 5.10 Å². The molecule has 2 N–H and O–H groups in total. The molecule has 0 aliphatic carbocycles. The van der Waals surface area contributed by atoms with Crippen molar-refractivity contribution in [2.75, 3.05) is 20.6 Å². The maximum absolute atomic E-state index is 12.0. The van der Waals surface area contributed by atoms with E-state index in [1.165, 1.54) is 5.56 Å². The molecule has 0 aliphatic rings. The van der Waals surface area contributed by atoms with Gasteiger partial charge in [-0.1, -0.05) is 54.6 Å². The summed E-state index contributed by atoms with van der Waals surface area (Å²) in [6, 6.07) is 20.2. The van der Waals surface area contributed by atoms with Crippen molar-refractivity contribution < 1.29 is 4.21 Å². The Kier molecular flexibility index (Phi) is 5.76. The number of nitrogens with two attached hydrogens (primary N) is 1.